The number of carbonyl (C=O) groups is 1. The maximum Gasteiger partial charge on any atom is 0.347 e. The normalized spacial score (nSPS) is 19.6. The van der Waals surface area contributed by atoms with Gasteiger partial charge in [-0.1, -0.05) is 38.5 Å². The minimum atomic E-state index is -0.846. The van der Waals surface area contributed by atoms with Crippen LogP contribution in [0.15, 0.2) is 0 Å². The van der Waals surface area contributed by atoms with Gasteiger partial charge in [0.2, 0.25) is 0 Å². The summed E-state index contributed by atoms with van der Waals surface area (Å²) in [7, 11) is 0. The molecule has 0 aromatic carbocycles. The summed E-state index contributed by atoms with van der Waals surface area (Å²) in [5.41, 5.74) is 0.735. The summed E-state index contributed by atoms with van der Waals surface area (Å²) in [5, 5.41) is 10.3. The molecule has 1 aliphatic rings. The molecule has 0 saturated carbocycles. The van der Waals surface area contributed by atoms with E-state index in [2.05, 4.69) is 16.8 Å². The van der Waals surface area contributed by atoms with Crippen molar-refractivity contribution < 1.29 is 9.90 Å². The number of aromatic carboxylic acids is 1. The van der Waals surface area contributed by atoms with Crippen molar-refractivity contribution in [2.24, 2.45) is 0 Å². The Bertz CT molecular complexity index is 468. The zero-order chi connectivity index (χ0) is 14.7. The summed E-state index contributed by atoms with van der Waals surface area (Å²) >= 11 is 1.35. The van der Waals surface area contributed by atoms with Crippen LogP contribution in [0.5, 0.6) is 0 Å². The Kier molecular flexibility index (Phi) is 5.02. The molecule has 2 heterocycles. The van der Waals surface area contributed by atoms with Gasteiger partial charge in [0.1, 0.15) is 4.88 Å². The molecule has 1 saturated heterocycles. The summed E-state index contributed by atoms with van der Waals surface area (Å²) in [4.78, 5) is 18.8. The van der Waals surface area contributed by atoms with Gasteiger partial charge < -0.3 is 10.0 Å². The molecular formula is C15H24N2O2S. The molecule has 0 aliphatic carbocycles. The molecule has 5 heteroatoms. The molecule has 2 rings (SSSR count). The minimum Gasteiger partial charge on any atom is -0.477 e. The highest BCUT2D eigenvalue weighted by Gasteiger charge is 2.27. The number of hydrogen-bond donors (Lipinski definition) is 1. The van der Waals surface area contributed by atoms with Crippen molar-refractivity contribution in [1.29, 1.82) is 0 Å². The first-order valence-electron chi connectivity index (χ1n) is 7.55. The van der Waals surface area contributed by atoms with Crippen molar-refractivity contribution >= 4 is 22.4 Å². The molecule has 1 N–H and O–H groups in total. The molecule has 4 nitrogen and oxygen atoms in total. The predicted octanol–water partition coefficient (Wildman–Crippen LogP) is 4.12. The van der Waals surface area contributed by atoms with E-state index in [0.717, 1.165) is 23.8 Å². The molecule has 20 heavy (non-hydrogen) atoms. The fraction of sp³-hybridized carbons (Fsp3) is 0.733. The van der Waals surface area contributed by atoms with Gasteiger partial charge in [0, 0.05) is 12.6 Å². The number of aromatic nitrogens is 1. The third kappa shape index (κ3) is 3.14. The Labute approximate surface area is 124 Å². The lowest BCUT2D eigenvalue weighted by molar-refractivity contribution is 0.0700. The fourth-order valence-corrected chi connectivity index (χ4v) is 4.03. The summed E-state index contributed by atoms with van der Waals surface area (Å²) in [6.07, 6.45) is 5.98. The Hall–Kier alpha value is -1.10. The molecule has 1 aromatic rings. The van der Waals surface area contributed by atoms with Crippen LogP contribution in [-0.4, -0.2) is 28.6 Å². The Morgan fingerprint density at radius 1 is 1.50 bits per heavy atom. The molecule has 0 spiro atoms. The van der Waals surface area contributed by atoms with E-state index in [1.807, 2.05) is 13.8 Å². The molecular weight excluding hydrogens is 272 g/mol. The number of thiazole rings is 1. The van der Waals surface area contributed by atoms with Gasteiger partial charge in [0.25, 0.3) is 0 Å². The van der Waals surface area contributed by atoms with Gasteiger partial charge in [-0.05, 0) is 31.6 Å². The Morgan fingerprint density at radius 2 is 2.25 bits per heavy atom. The van der Waals surface area contributed by atoms with Crippen LogP contribution in [0.3, 0.4) is 0 Å². The number of rotatable bonds is 5. The maximum atomic E-state index is 11.4. The minimum absolute atomic E-state index is 0.153. The average Bonchev–Trinajstić information content (AvgIpc) is 2.85. The van der Waals surface area contributed by atoms with Gasteiger partial charge in [-0.25, -0.2) is 9.78 Å². The SMILES string of the molecule is CCCC1CCCCN1c1nc(C(C)C)c(C(=O)O)s1. The lowest BCUT2D eigenvalue weighted by Gasteiger charge is -2.35. The van der Waals surface area contributed by atoms with Crippen LogP contribution in [0.25, 0.3) is 0 Å². The number of carboxylic acids is 1. The highest BCUT2D eigenvalue weighted by molar-refractivity contribution is 7.17. The van der Waals surface area contributed by atoms with E-state index in [0.29, 0.717) is 10.9 Å². The highest BCUT2D eigenvalue weighted by Crippen LogP contribution is 2.35. The lowest BCUT2D eigenvalue weighted by atomic mass is 9.99. The van der Waals surface area contributed by atoms with E-state index in [-0.39, 0.29) is 5.92 Å². The molecule has 1 fully saturated rings. The molecule has 1 atom stereocenters. The summed E-state index contributed by atoms with van der Waals surface area (Å²) < 4.78 is 0. The summed E-state index contributed by atoms with van der Waals surface area (Å²) in [5.74, 6) is -0.693. The lowest BCUT2D eigenvalue weighted by Crippen LogP contribution is -2.39. The standard InChI is InChI=1S/C15H24N2O2S/c1-4-7-11-8-5-6-9-17(11)15-16-12(10(2)3)13(20-15)14(18)19/h10-11H,4-9H2,1-3H3,(H,18,19). The average molecular weight is 296 g/mol. The number of piperidine rings is 1. The van der Waals surface area contributed by atoms with Crippen molar-refractivity contribution in [2.45, 2.75) is 64.8 Å². The summed E-state index contributed by atoms with van der Waals surface area (Å²) in [6.45, 7) is 7.22. The maximum absolute atomic E-state index is 11.4. The molecule has 0 bridgehead atoms. The number of anilines is 1. The smallest absolute Gasteiger partial charge is 0.347 e. The van der Waals surface area contributed by atoms with E-state index in [4.69, 9.17) is 0 Å². The van der Waals surface area contributed by atoms with Crippen LogP contribution in [0.4, 0.5) is 5.13 Å². The van der Waals surface area contributed by atoms with Gasteiger partial charge in [0.15, 0.2) is 5.13 Å². The van der Waals surface area contributed by atoms with E-state index >= 15 is 0 Å². The van der Waals surface area contributed by atoms with E-state index in [1.165, 1.54) is 37.0 Å². The first-order valence-corrected chi connectivity index (χ1v) is 8.36. The van der Waals surface area contributed by atoms with Gasteiger partial charge >= 0.3 is 5.97 Å². The number of nitrogens with zero attached hydrogens (tertiary/aromatic N) is 2. The third-order valence-electron chi connectivity index (χ3n) is 3.88. The molecule has 0 amide bonds. The summed E-state index contributed by atoms with van der Waals surface area (Å²) in [6, 6.07) is 0.529. The van der Waals surface area contributed by atoms with E-state index < -0.39 is 5.97 Å². The third-order valence-corrected chi connectivity index (χ3v) is 4.97. The number of carboxylic acid groups (broad SMARTS) is 1. The largest absolute Gasteiger partial charge is 0.477 e. The molecule has 1 aliphatic heterocycles. The van der Waals surface area contributed by atoms with Crippen LogP contribution >= 0.6 is 11.3 Å². The number of hydrogen-bond acceptors (Lipinski definition) is 4. The molecule has 1 unspecified atom stereocenters. The van der Waals surface area contributed by atoms with Crippen LogP contribution in [0.2, 0.25) is 0 Å². The van der Waals surface area contributed by atoms with Crippen LogP contribution in [-0.2, 0) is 0 Å². The Balaban J connectivity index is 2.30. The topological polar surface area (TPSA) is 53.4 Å². The van der Waals surface area contributed by atoms with Gasteiger partial charge in [-0.3, -0.25) is 0 Å². The van der Waals surface area contributed by atoms with E-state index in [9.17, 15) is 9.90 Å². The van der Waals surface area contributed by atoms with Crippen molar-refractivity contribution in [2.75, 3.05) is 11.4 Å². The second kappa shape index (κ2) is 6.57. The quantitative estimate of drug-likeness (QED) is 0.888. The second-order valence-corrected chi connectivity index (χ2v) is 6.78. The molecule has 112 valence electrons. The highest BCUT2D eigenvalue weighted by atomic mass is 32.1. The fourth-order valence-electron chi connectivity index (χ4n) is 2.87. The second-order valence-electron chi connectivity index (χ2n) is 5.80. The van der Waals surface area contributed by atoms with Gasteiger partial charge in [-0.15, -0.1) is 0 Å². The van der Waals surface area contributed by atoms with Gasteiger partial charge in [-0.2, -0.15) is 0 Å². The van der Waals surface area contributed by atoms with Crippen molar-refractivity contribution in [1.82, 2.24) is 4.98 Å². The molecule has 1 aromatic heterocycles. The van der Waals surface area contributed by atoms with Crippen LogP contribution < -0.4 is 4.90 Å². The Morgan fingerprint density at radius 3 is 2.80 bits per heavy atom. The monoisotopic (exact) mass is 296 g/mol. The van der Waals surface area contributed by atoms with Crippen LogP contribution in [0.1, 0.15) is 74.2 Å². The predicted molar refractivity (Wildman–Crippen MR) is 83.1 cm³/mol. The zero-order valence-corrected chi connectivity index (χ0v) is 13.4. The van der Waals surface area contributed by atoms with Crippen molar-refractivity contribution in [3.8, 4) is 0 Å². The van der Waals surface area contributed by atoms with Crippen molar-refractivity contribution in [3.05, 3.63) is 10.6 Å². The van der Waals surface area contributed by atoms with Gasteiger partial charge in [0.05, 0.1) is 5.69 Å². The first-order chi connectivity index (χ1) is 9.54. The first kappa shape index (κ1) is 15.3. The zero-order valence-electron chi connectivity index (χ0n) is 12.6. The van der Waals surface area contributed by atoms with Crippen LogP contribution in [0, 0.1) is 0 Å². The molecule has 0 radical (unpaired) electrons. The van der Waals surface area contributed by atoms with E-state index in [1.54, 1.807) is 0 Å². The van der Waals surface area contributed by atoms with Crippen molar-refractivity contribution in [3.63, 3.8) is 0 Å².